The van der Waals surface area contributed by atoms with Crippen molar-refractivity contribution in [3.8, 4) is 0 Å². The molecule has 0 atom stereocenters. The van der Waals surface area contributed by atoms with Gasteiger partial charge in [-0.25, -0.2) is 0 Å². The van der Waals surface area contributed by atoms with E-state index < -0.39 is 0 Å². The van der Waals surface area contributed by atoms with Crippen molar-refractivity contribution in [1.82, 2.24) is 0 Å². The molecule has 0 aliphatic carbocycles. The Morgan fingerprint density at radius 3 is 3.22 bits per heavy atom. The van der Waals surface area contributed by atoms with Crippen LogP contribution >= 0.6 is 0 Å². The third-order valence-corrected chi connectivity index (χ3v) is 1.05. The topological polar surface area (TPSA) is 30.8 Å². The Morgan fingerprint density at radius 1 is 1.78 bits per heavy atom. The summed E-state index contributed by atoms with van der Waals surface area (Å²) in [5.74, 6) is 0.747. The molecule has 9 heavy (non-hydrogen) atoms. The lowest BCUT2D eigenvalue weighted by molar-refractivity contribution is 0.171. The first-order chi connectivity index (χ1) is 4.43. The molecule has 0 saturated heterocycles. The van der Waals surface area contributed by atoms with Gasteiger partial charge < -0.3 is 9.57 Å². The average Bonchev–Trinajstić information content (AvgIpc) is 2.34. The lowest BCUT2D eigenvalue weighted by atomic mass is 10.4. The van der Waals surface area contributed by atoms with Crippen molar-refractivity contribution < 1.29 is 9.57 Å². The lowest BCUT2D eigenvalue weighted by Gasteiger charge is -1.98. The third-order valence-electron chi connectivity index (χ3n) is 1.05. The van der Waals surface area contributed by atoms with Gasteiger partial charge in [-0.2, -0.15) is 0 Å². The monoisotopic (exact) mass is 129 g/mol. The minimum absolute atomic E-state index is 0.680. The van der Waals surface area contributed by atoms with Gasteiger partial charge in [-0.3, -0.25) is 0 Å². The maximum absolute atomic E-state index is 5.18. The van der Waals surface area contributed by atoms with Crippen LogP contribution in [0.5, 0.6) is 0 Å². The number of ether oxygens (including phenoxy) is 1. The summed E-state index contributed by atoms with van der Waals surface area (Å²) in [5.41, 5.74) is 0. The van der Waals surface area contributed by atoms with Gasteiger partial charge in [0.25, 0.3) is 0 Å². The van der Waals surface area contributed by atoms with Crippen molar-refractivity contribution in [3.63, 3.8) is 0 Å². The van der Waals surface area contributed by atoms with E-state index in [-0.39, 0.29) is 0 Å². The molecule has 3 heteroatoms. The number of nitrogens with zero attached hydrogens (tertiary/aromatic N) is 1. The van der Waals surface area contributed by atoms with Crippen molar-refractivity contribution in [2.75, 3.05) is 13.2 Å². The number of hydrogen-bond donors (Lipinski definition) is 0. The quantitative estimate of drug-likeness (QED) is 0.560. The van der Waals surface area contributed by atoms with Gasteiger partial charge in [0.15, 0.2) is 0 Å². The van der Waals surface area contributed by atoms with Crippen LogP contribution in [-0.2, 0) is 9.57 Å². The first-order valence-electron chi connectivity index (χ1n) is 3.25. The number of rotatable bonds is 2. The Hall–Kier alpha value is -0.730. The van der Waals surface area contributed by atoms with Crippen molar-refractivity contribution in [2.24, 2.45) is 5.16 Å². The Balaban J connectivity index is 2.11. The van der Waals surface area contributed by atoms with Crippen LogP contribution in [0.15, 0.2) is 5.16 Å². The summed E-state index contributed by atoms with van der Waals surface area (Å²) in [6.45, 7) is 3.50. The van der Waals surface area contributed by atoms with Crippen LogP contribution in [0.4, 0.5) is 0 Å². The molecule has 0 bridgehead atoms. The standard InChI is InChI=1S/C6H11NO2/c1-2-4-8-6-3-5-9-7-6/h2-5H2,1H3. The van der Waals surface area contributed by atoms with Crippen LogP contribution in [0.1, 0.15) is 19.8 Å². The van der Waals surface area contributed by atoms with Gasteiger partial charge in [-0.05, 0) is 6.42 Å². The molecular formula is C6H11NO2. The first kappa shape index (κ1) is 6.39. The fourth-order valence-electron chi connectivity index (χ4n) is 0.615. The molecule has 0 N–H and O–H groups in total. The van der Waals surface area contributed by atoms with Gasteiger partial charge in [0.1, 0.15) is 6.61 Å². The van der Waals surface area contributed by atoms with E-state index in [9.17, 15) is 0 Å². The Bertz CT molecular complexity index is 112. The molecule has 0 radical (unpaired) electrons. The van der Waals surface area contributed by atoms with E-state index in [0.29, 0.717) is 6.61 Å². The third kappa shape index (κ3) is 1.91. The van der Waals surface area contributed by atoms with E-state index in [1.807, 2.05) is 0 Å². The molecule has 0 saturated carbocycles. The van der Waals surface area contributed by atoms with Gasteiger partial charge in [0.05, 0.1) is 13.0 Å². The highest BCUT2D eigenvalue weighted by atomic mass is 16.7. The summed E-state index contributed by atoms with van der Waals surface area (Å²) in [5, 5.41) is 3.67. The summed E-state index contributed by atoms with van der Waals surface area (Å²) in [6.07, 6.45) is 1.86. The molecule has 3 nitrogen and oxygen atoms in total. The van der Waals surface area contributed by atoms with Crippen LogP contribution in [0.25, 0.3) is 0 Å². The smallest absolute Gasteiger partial charge is 0.229 e. The molecule has 0 unspecified atom stereocenters. The molecule has 1 rings (SSSR count). The highest BCUT2D eigenvalue weighted by molar-refractivity contribution is 5.76. The summed E-state index contributed by atoms with van der Waals surface area (Å²) in [6, 6.07) is 0. The predicted octanol–water partition coefficient (Wildman–Crippen LogP) is 1.15. The van der Waals surface area contributed by atoms with Gasteiger partial charge in [-0.15, -0.1) is 0 Å². The summed E-state index contributed by atoms with van der Waals surface area (Å²) in [4.78, 5) is 4.72. The number of hydrogen-bond acceptors (Lipinski definition) is 3. The SMILES string of the molecule is CCCOC1=NOCC1. The zero-order valence-corrected chi connectivity index (χ0v) is 5.59. The number of oxime groups is 1. The van der Waals surface area contributed by atoms with Crippen molar-refractivity contribution in [3.05, 3.63) is 0 Å². The molecule has 0 amide bonds. The van der Waals surface area contributed by atoms with Crippen LogP contribution in [0.2, 0.25) is 0 Å². The molecule has 52 valence electrons. The lowest BCUT2D eigenvalue weighted by Crippen LogP contribution is -2.01. The van der Waals surface area contributed by atoms with Gasteiger partial charge >= 0.3 is 0 Å². The van der Waals surface area contributed by atoms with Crippen LogP contribution in [-0.4, -0.2) is 19.1 Å². The molecule has 0 aromatic rings. The maximum Gasteiger partial charge on any atom is 0.229 e. The summed E-state index contributed by atoms with van der Waals surface area (Å²) in [7, 11) is 0. The fraction of sp³-hybridized carbons (Fsp3) is 0.833. The minimum Gasteiger partial charge on any atom is -0.479 e. The Labute approximate surface area is 54.6 Å². The van der Waals surface area contributed by atoms with E-state index in [2.05, 4.69) is 12.1 Å². The molecule has 0 aromatic carbocycles. The predicted molar refractivity (Wildman–Crippen MR) is 34.2 cm³/mol. The second-order valence-electron chi connectivity index (χ2n) is 1.92. The normalized spacial score (nSPS) is 16.8. The molecule has 1 aliphatic rings. The minimum atomic E-state index is 0.680. The van der Waals surface area contributed by atoms with E-state index in [0.717, 1.165) is 25.3 Å². The van der Waals surface area contributed by atoms with Crippen LogP contribution < -0.4 is 0 Å². The molecule has 0 fully saturated rings. The van der Waals surface area contributed by atoms with Crippen LogP contribution in [0, 0.1) is 0 Å². The van der Waals surface area contributed by atoms with Crippen molar-refractivity contribution >= 4 is 5.90 Å². The largest absolute Gasteiger partial charge is 0.479 e. The molecule has 1 aliphatic heterocycles. The fourth-order valence-corrected chi connectivity index (χ4v) is 0.615. The van der Waals surface area contributed by atoms with E-state index in [1.165, 1.54) is 0 Å². The van der Waals surface area contributed by atoms with Gasteiger partial charge in [-0.1, -0.05) is 12.1 Å². The maximum atomic E-state index is 5.18. The Morgan fingerprint density at radius 2 is 2.67 bits per heavy atom. The second-order valence-corrected chi connectivity index (χ2v) is 1.92. The summed E-state index contributed by atoms with van der Waals surface area (Å²) < 4.78 is 5.18. The van der Waals surface area contributed by atoms with Crippen molar-refractivity contribution in [2.45, 2.75) is 19.8 Å². The highest BCUT2D eigenvalue weighted by Crippen LogP contribution is 2.00. The van der Waals surface area contributed by atoms with Crippen molar-refractivity contribution in [1.29, 1.82) is 0 Å². The zero-order chi connectivity index (χ0) is 6.53. The van der Waals surface area contributed by atoms with Crippen LogP contribution in [0.3, 0.4) is 0 Å². The second kappa shape index (κ2) is 3.33. The van der Waals surface area contributed by atoms with Gasteiger partial charge in [0, 0.05) is 0 Å². The molecule has 1 heterocycles. The molecule has 0 spiro atoms. The van der Waals surface area contributed by atoms with E-state index >= 15 is 0 Å². The summed E-state index contributed by atoms with van der Waals surface area (Å²) >= 11 is 0. The molecular weight excluding hydrogens is 118 g/mol. The van der Waals surface area contributed by atoms with E-state index in [1.54, 1.807) is 0 Å². The van der Waals surface area contributed by atoms with Gasteiger partial charge in [0.2, 0.25) is 5.90 Å². The zero-order valence-electron chi connectivity index (χ0n) is 5.59. The average molecular weight is 129 g/mol. The molecule has 0 aromatic heterocycles. The first-order valence-corrected chi connectivity index (χ1v) is 3.25. The Kier molecular flexibility index (Phi) is 2.36. The highest BCUT2D eigenvalue weighted by Gasteiger charge is 2.07. The van der Waals surface area contributed by atoms with E-state index in [4.69, 9.17) is 9.57 Å².